The normalized spacial score (nSPS) is 23.7. The summed E-state index contributed by atoms with van der Waals surface area (Å²) in [6.07, 6.45) is 5.34. The highest BCUT2D eigenvalue weighted by atomic mass is 16.5. The summed E-state index contributed by atoms with van der Waals surface area (Å²) >= 11 is 0. The van der Waals surface area contributed by atoms with Crippen molar-refractivity contribution >= 4 is 11.8 Å². The third-order valence-corrected chi connectivity index (χ3v) is 3.34. The second-order valence-corrected chi connectivity index (χ2v) is 4.48. The van der Waals surface area contributed by atoms with Gasteiger partial charge in [0.25, 0.3) is 0 Å². The first kappa shape index (κ1) is 12.7. The molecule has 0 amide bonds. The largest absolute Gasteiger partial charge is 0.466 e. The van der Waals surface area contributed by atoms with Gasteiger partial charge in [0.15, 0.2) is 0 Å². The number of carbonyl (C=O) groups excluding carboxylic acids is 2. The second-order valence-electron chi connectivity index (χ2n) is 4.48. The van der Waals surface area contributed by atoms with E-state index in [0.717, 1.165) is 18.4 Å². The highest BCUT2D eigenvalue weighted by molar-refractivity contribution is 5.92. The first-order valence-electron chi connectivity index (χ1n) is 6.33. The first-order chi connectivity index (χ1) is 8.74. The number of pyridine rings is 1. The predicted octanol–water partition coefficient (Wildman–Crippen LogP) is 2.10. The van der Waals surface area contributed by atoms with Gasteiger partial charge in [0.1, 0.15) is 5.78 Å². The molecule has 0 aromatic carbocycles. The summed E-state index contributed by atoms with van der Waals surface area (Å²) in [6.45, 7) is 2.14. The molecule has 1 aromatic heterocycles. The average molecular weight is 247 g/mol. The van der Waals surface area contributed by atoms with Crippen LogP contribution in [0.15, 0.2) is 24.5 Å². The van der Waals surface area contributed by atoms with E-state index >= 15 is 0 Å². The molecule has 2 rings (SSSR count). The van der Waals surface area contributed by atoms with Gasteiger partial charge in [0.05, 0.1) is 18.4 Å². The zero-order chi connectivity index (χ0) is 13.0. The number of hydrogen-bond donors (Lipinski definition) is 0. The summed E-state index contributed by atoms with van der Waals surface area (Å²) in [5.41, 5.74) is 0.868. The van der Waals surface area contributed by atoms with Crippen molar-refractivity contribution in [3.63, 3.8) is 0 Å². The topological polar surface area (TPSA) is 56.3 Å². The summed E-state index contributed by atoms with van der Waals surface area (Å²) < 4.78 is 5.07. The first-order valence-corrected chi connectivity index (χ1v) is 6.33. The molecule has 4 nitrogen and oxygen atoms in total. The van der Waals surface area contributed by atoms with Crippen LogP contribution in [-0.2, 0) is 14.3 Å². The fourth-order valence-corrected chi connectivity index (χ4v) is 2.53. The maximum atomic E-state index is 12.1. The SMILES string of the molecule is CCOC(=O)C1CCCC(=O)C1c1ccncc1. The fourth-order valence-electron chi connectivity index (χ4n) is 2.53. The minimum Gasteiger partial charge on any atom is -0.466 e. The van der Waals surface area contributed by atoms with E-state index in [-0.39, 0.29) is 23.6 Å². The molecule has 1 heterocycles. The molecule has 0 spiro atoms. The van der Waals surface area contributed by atoms with Crippen molar-refractivity contribution in [1.82, 2.24) is 4.98 Å². The summed E-state index contributed by atoms with van der Waals surface area (Å²) in [5, 5.41) is 0. The predicted molar refractivity (Wildman–Crippen MR) is 66.0 cm³/mol. The van der Waals surface area contributed by atoms with E-state index in [1.807, 2.05) is 0 Å². The van der Waals surface area contributed by atoms with E-state index in [0.29, 0.717) is 13.0 Å². The van der Waals surface area contributed by atoms with E-state index < -0.39 is 0 Å². The molecule has 1 aromatic rings. The lowest BCUT2D eigenvalue weighted by Gasteiger charge is -2.28. The summed E-state index contributed by atoms with van der Waals surface area (Å²) in [6, 6.07) is 3.61. The Morgan fingerprint density at radius 3 is 2.83 bits per heavy atom. The molecule has 1 fully saturated rings. The number of aromatic nitrogens is 1. The van der Waals surface area contributed by atoms with Gasteiger partial charge in [-0.25, -0.2) is 0 Å². The van der Waals surface area contributed by atoms with Gasteiger partial charge in [-0.3, -0.25) is 14.6 Å². The van der Waals surface area contributed by atoms with Crippen LogP contribution in [-0.4, -0.2) is 23.3 Å². The molecular weight excluding hydrogens is 230 g/mol. The molecule has 0 bridgehead atoms. The van der Waals surface area contributed by atoms with Crippen molar-refractivity contribution < 1.29 is 14.3 Å². The number of carbonyl (C=O) groups is 2. The van der Waals surface area contributed by atoms with E-state index in [1.54, 1.807) is 31.5 Å². The average Bonchev–Trinajstić information content (AvgIpc) is 2.39. The van der Waals surface area contributed by atoms with E-state index in [1.165, 1.54) is 0 Å². The van der Waals surface area contributed by atoms with Crippen molar-refractivity contribution in [3.05, 3.63) is 30.1 Å². The van der Waals surface area contributed by atoms with Gasteiger partial charge >= 0.3 is 5.97 Å². The maximum absolute atomic E-state index is 12.1. The molecule has 0 radical (unpaired) electrons. The molecule has 0 saturated heterocycles. The Morgan fingerprint density at radius 2 is 2.17 bits per heavy atom. The minimum absolute atomic E-state index is 0.130. The Bertz CT molecular complexity index is 430. The Kier molecular flexibility index (Phi) is 4.07. The highest BCUT2D eigenvalue weighted by Gasteiger charge is 2.38. The number of esters is 1. The van der Waals surface area contributed by atoms with Crippen LogP contribution in [0.5, 0.6) is 0 Å². The van der Waals surface area contributed by atoms with E-state index in [9.17, 15) is 9.59 Å². The molecule has 0 aliphatic heterocycles. The van der Waals surface area contributed by atoms with Crippen LogP contribution in [0.3, 0.4) is 0 Å². The minimum atomic E-state index is -0.360. The van der Waals surface area contributed by atoms with E-state index in [2.05, 4.69) is 4.98 Å². The van der Waals surface area contributed by atoms with Crippen molar-refractivity contribution in [2.45, 2.75) is 32.1 Å². The fraction of sp³-hybridized carbons (Fsp3) is 0.500. The van der Waals surface area contributed by atoms with Crippen molar-refractivity contribution in [2.75, 3.05) is 6.61 Å². The van der Waals surface area contributed by atoms with Gasteiger partial charge < -0.3 is 4.74 Å². The van der Waals surface area contributed by atoms with Crippen molar-refractivity contribution in [3.8, 4) is 0 Å². The second kappa shape index (κ2) is 5.76. The molecule has 2 unspecified atom stereocenters. The molecule has 1 saturated carbocycles. The number of ether oxygens (including phenoxy) is 1. The number of hydrogen-bond acceptors (Lipinski definition) is 4. The molecule has 96 valence electrons. The Morgan fingerprint density at radius 1 is 1.44 bits per heavy atom. The van der Waals surface area contributed by atoms with Crippen LogP contribution < -0.4 is 0 Å². The van der Waals surface area contributed by atoms with Crippen molar-refractivity contribution in [2.24, 2.45) is 5.92 Å². The summed E-state index contributed by atoms with van der Waals surface area (Å²) in [4.78, 5) is 28.0. The number of nitrogens with zero attached hydrogens (tertiary/aromatic N) is 1. The van der Waals surface area contributed by atoms with Crippen LogP contribution >= 0.6 is 0 Å². The van der Waals surface area contributed by atoms with Crippen LogP contribution in [0, 0.1) is 5.92 Å². The standard InChI is InChI=1S/C14H17NO3/c1-2-18-14(17)11-4-3-5-12(16)13(11)10-6-8-15-9-7-10/h6-9,11,13H,2-5H2,1H3. The molecule has 18 heavy (non-hydrogen) atoms. The quantitative estimate of drug-likeness (QED) is 0.767. The van der Waals surface area contributed by atoms with Crippen LogP contribution in [0.2, 0.25) is 0 Å². The number of rotatable bonds is 3. The third kappa shape index (κ3) is 2.58. The van der Waals surface area contributed by atoms with E-state index in [4.69, 9.17) is 4.74 Å². The van der Waals surface area contributed by atoms with Gasteiger partial charge in [-0.2, -0.15) is 0 Å². The number of ketones is 1. The highest BCUT2D eigenvalue weighted by Crippen LogP contribution is 2.35. The third-order valence-electron chi connectivity index (χ3n) is 3.34. The lowest BCUT2D eigenvalue weighted by Crippen LogP contribution is -2.33. The Labute approximate surface area is 106 Å². The van der Waals surface area contributed by atoms with Gasteiger partial charge in [-0.15, -0.1) is 0 Å². The molecule has 0 N–H and O–H groups in total. The van der Waals surface area contributed by atoms with Gasteiger partial charge in [0.2, 0.25) is 0 Å². The van der Waals surface area contributed by atoms with Crippen molar-refractivity contribution in [1.29, 1.82) is 0 Å². The Balaban J connectivity index is 2.26. The van der Waals surface area contributed by atoms with Gasteiger partial charge in [0, 0.05) is 18.8 Å². The number of Topliss-reactive ketones (excluding diaryl/α,β-unsaturated/α-hetero) is 1. The lowest BCUT2D eigenvalue weighted by molar-refractivity contribution is -0.152. The molecule has 2 atom stereocenters. The summed E-state index contributed by atoms with van der Waals surface area (Å²) in [5.74, 6) is -0.827. The molecule has 4 heteroatoms. The van der Waals surface area contributed by atoms with Crippen LogP contribution in [0.25, 0.3) is 0 Å². The maximum Gasteiger partial charge on any atom is 0.309 e. The van der Waals surface area contributed by atoms with Gasteiger partial charge in [-0.05, 0) is 37.5 Å². The van der Waals surface area contributed by atoms with Gasteiger partial charge in [-0.1, -0.05) is 0 Å². The molecular formula is C14H17NO3. The van der Waals surface area contributed by atoms with Crippen LogP contribution in [0.1, 0.15) is 37.7 Å². The zero-order valence-electron chi connectivity index (χ0n) is 10.5. The monoisotopic (exact) mass is 247 g/mol. The van der Waals surface area contributed by atoms with Crippen LogP contribution in [0.4, 0.5) is 0 Å². The summed E-state index contributed by atoms with van der Waals surface area (Å²) in [7, 11) is 0. The molecule has 1 aliphatic carbocycles. The smallest absolute Gasteiger partial charge is 0.309 e. The lowest BCUT2D eigenvalue weighted by atomic mass is 9.75. The molecule has 1 aliphatic rings. The Hall–Kier alpha value is -1.71. The zero-order valence-corrected chi connectivity index (χ0v) is 10.5.